The van der Waals surface area contributed by atoms with Crippen molar-refractivity contribution in [3.63, 3.8) is 0 Å². The molecule has 0 aliphatic heterocycles. The molecule has 6 rings (SSSR count). The lowest BCUT2D eigenvalue weighted by molar-refractivity contribution is -0.139. The average molecular weight is 635 g/mol. The van der Waals surface area contributed by atoms with Crippen LogP contribution in [0.1, 0.15) is 70.4 Å². The smallest absolute Gasteiger partial charge is 0.244 e. The van der Waals surface area contributed by atoms with Gasteiger partial charge in [-0.15, -0.1) is 0 Å². The normalized spacial score (nSPS) is 25.4. The van der Waals surface area contributed by atoms with Crippen molar-refractivity contribution in [2.45, 2.75) is 83.3 Å². The van der Waals surface area contributed by atoms with E-state index in [0.29, 0.717) is 21.3 Å². The molecule has 1 atom stereocenters. The van der Waals surface area contributed by atoms with Crippen molar-refractivity contribution in [1.82, 2.24) is 10.2 Å². The highest BCUT2D eigenvalue weighted by atomic mass is 35.5. The number of benzene rings is 2. The first kappa shape index (κ1) is 31.1. The van der Waals surface area contributed by atoms with Crippen molar-refractivity contribution in [2.75, 3.05) is 17.1 Å². The van der Waals surface area contributed by atoms with E-state index in [4.69, 9.17) is 23.2 Å². The summed E-state index contributed by atoms with van der Waals surface area (Å²) >= 11 is 12.5. The Balaban J connectivity index is 1.40. The molecule has 4 saturated carbocycles. The molecule has 2 aromatic carbocycles. The van der Waals surface area contributed by atoms with Crippen LogP contribution in [0.2, 0.25) is 10.0 Å². The Morgan fingerprint density at radius 1 is 0.952 bits per heavy atom. The summed E-state index contributed by atoms with van der Waals surface area (Å²) in [7, 11) is -3.81. The number of sulfonamides is 1. The minimum absolute atomic E-state index is 0.0179. The standard InChI is InChI=1S/C32H41Cl2N3O4S/c1-20(2)35-31(39)21(3)36(18-25-5-8-27(33)14-29(25)34)30(38)19-37(42(4,40)41)28-9-6-26(7-10-28)32-15-22-11-23(16-32)13-24(12-22)17-32/h5-10,14,20-24H,11-13,15-19H2,1-4H3,(H,35,39). The summed E-state index contributed by atoms with van der Waals surface area (Å²) in [6.07, 6.45) is 8.80. The van der Waals surface area contributed by atoms with Crippen LogP contribution < -0.4 is 9.62 Å². The van der Waals surface area contributed by atoms with Gasteiger partial charge in [0.25, 0.3) is 0 Å². The topological polar surface area (TPSA) is 86.8 Å². The predicted octanol–water partition coefficient (Wildman–Crippen LogP) is 6.17. The minimum Gasteiger partial charge on any atom is -0.352 e. The third-order valence-corrected chi connectivity index (χ3v) is 11.2. The highest BCUT2D eigenvalue weighted by molar-refractivity contribution is 7.92. The third kappa shape index (κ3) is 6.61. The molecule has 4 aliphatic rings. The Kier molecular flexibility index (Phi) is 8.90. The van der Waals surface area contributed by atoms with Gasteiger partial charge >= 0.3 is 0 Å². The summed E-state index contributed by atoms with van der Waals surface area (Å²) in [6.45, 7) is 4.88. The van der Waals surface area contributed by atoms with Crippen molar-refractivity contribution in [3.05, 3.63) is 63.6 Å². The highest BCUT2D eigenvalue weighted by Crippen LogP contribution is 2.60. The largest absolute Gasteiger partial charge is 0.352 e. The van der Waals surface area contributed by atoms with E-state index in [1.165, 1.54) is 49.0 Å². The molecule has 4 bridgehead atoms. The molecule has 2 amide bonds. The van der Waals surface area contributed by atoms with Crippen LogP contribution in [0.3, 0.4) is 0 Å². The lowest BCUT2D eigenvalue weighted by Crippen LogP contribution is -2.52. The van der Waals surface area contributed by atoms with Gasteiger partial charge in [0, 0.05) is 22.6 Å². The van der Waals surface area contributed by atoms with Crippen LogP contribution >= 0.6 is 23.2 Å². The van der Waals surface area contributed by atoms with Crippen molar-refractivity contribution >= 4 is 50.7 Å². The Hall–Kier alpha value is -2.29. The number of anilines is 1. The lowest BCUT2D eigenvalue weighted by atomic mass is 9.48. The van der Waals surface area contributed by atoms with Gasteiger partial charge < -0.3 is 10.2 Å². The second-order valence-electron chi connectivity index (χ2n) is 13.1. The highest BCUT2D eigenvalue weighted by Gasteiger charge is 2.51. The maximum absolute atomic E-state index is 13.9. The summed E-state index contributed by atoms with van der Waals surface area (Å²) in [4.78, 5) is 28.2. The molecule has 0 heterocycles. The number of nitrogens with one attached hydrogen (secondary N) is 1. The molecule has 4 aliphatic carbocycles. The van der Waals surface area contributed by atoms with Crippen LogP contribution in [0.5, 0.6) is 0 Å². The molecule has 1 N–H and O–H groups in total. The molecular weight excluding hydrogens is 593 g/mol. The average Bonchev–Trinajstić information content (AvgIpc) is 2.89. The molecule has 0 saturated heterocycles. The van der Waals surface area contributed by atoms with E-state index in [9.17, 15) is 18.0 Å². The Morgan fingerprint density at radius 2 is 1.52 bits per heavy atom. The van der Waals surface area contributed by atoms with Gasteiger partial charge in [0.15, 0.2) is 0 Å². The van der Waals surface area contributed by atoms with Crippen molar-refractivity contribution < 1.29 is 18.0 Å². The van der Waals surface area contributed by atoms with E-state index in [0.717, 1.165) is 28.3 Å². The zero-order valence-electron chi connectivity index (χ0n) is 24.8. The number of amides is 2. The van der Waals surface area contributed by atoms with Crippen LogP contribution in [0.25, 0.3) is 0 Å². The van der Waals surface area contributed by atoms with Crippen molar-refractivity contribution in [3.8, 4) is 0 Å². The van der Waals surface area contributed by atoms with E-state index in [2.05, 4.69) is 17.4 Å². The van der Waals surface area contributed by atoms with Gasteiger partial charge in [-0.3, -0.25) is 13.9 Å². The SMILES string of the molecule is CC(C)NC(=O)C(C)N(Cc1ccc(Cl)cc1Cl)C(=O)CN(c1ccc(C23CC4CC(CC(C4)C2)C3)cc1)S(C)(=O)=O. The van der Waals surface area contributed by atoms with Gasteiger partial charge in [0.1, 0.15) is 12.6 Å². The van der Waals surface area contributed by atoms with E-state index >= 15 is 0 Å². The number of carbonyl (C=O) groups is 2. The number of nitrogens with zero attached hydrogens (tertiary/aromatic N) is 2. The molecule has 2 aromatic rings. The van der Waals surface area contributed by atoms with E-state index < -0.39 is 28.5 Å². The number of hydrogen-bond acceptors (Lipinski definition) is 4. The quantitative estimate of drug-likeness (QED) is 0.339. The summed E-state index contributed by atoms with van der Waals surface area (Å²) in [6, 6.07) is 11.7. The van der Waals surface area contributed by atoms with Crippen molar-refractivity contribution in [1.29, 1.82) is 0 Å². The second-order valence-corrected chi connectivity index (χ2v) is 15.9. The molecule has 0 spiro atoms. The number of rotatable bonds is 10. The van der Waals surface area contributed by atoms with Crippen LogP contribution in [-0.4, -0.2) is 50.0 Å². The van der Waals surface area contributed by atoms with Gasteiger partial charge in [0.2, 0.25) is 21.8 Å². The molecule has 228 valence electrons. The molecule has 42 heavy (non-hydrogen) atoms. The van der Waals surface area contributed by atoms with Crippen LogP contribution in [0.4, 0.5) is 5.69 Å². The molecule has 4 fully saturated rings. The van der Waals surface area contributed by atoms with Gasteiger partial charge in [-0.05, 0) is 118 Å². The second kappa shape index (κ2) is 12.0. The molecule has 0 aromatic heterocycles. The van der Waals surface area contributed by atoms with Crippen LogP contribution in [-0.2, 0) is 31.6 Å². The molecule has 7 nitrogen and oxygen atoms in total. The summed E-state index contributed by atoms with van der Waals surface area (Å²) in [5.41, 5.74) is 2.50. The van der Waals surface area contributed by atoms with E-state index in [-0.39, 0.29) is 23.9 Å². The molecule has 0 radical (unpaired) electrons. The fraction of sp³-hybridized carbons (Fsp3) is 0.562. The maximum Gasteiger partial charge on any atom is 0.244 e. The van der Waals surface area contributed by atoms with E-state index in [1.807, 2.05) is 26.0 Å². The van der Waals surface area contributed by atoms with Gasteiger partial charge in [0.05, 0.1) is 11.9 Å². The Labute approximate surface area is 260 Å². The number of carbonyl (C=O) groups excluding carboxylic acids is 2. The molecule has 10 heteroatoms. The molecular formula is C32H41Cl2N3O4S. The lowest BCUT2D eigenvalue weighted by Gasteiger charge is -2.57. The van der Waals surface area contributed by atoms with Crippen LogP contribution in [0, 0.1) is 17.8 Å². The van der Waals surface area contributed by atoms with Gasteiger partial charge in [-0.1, -0.05) is 41.4 Å². The number of hydrogen-bond donors (Lipinski definition) is 1. The maximum atomic E-state index is 13.9. The molecule has 1 unspecified atom stereocenters. The first-order chi connectivity index (χ1) is 19.7. The zero-order chi connectivity index (χ0) is 30.4. The Morgan fingerprint density at radius 3 is 2.02 bits per heavy atom. The monoisotopic (exact) mass is 633 g/mol. The Bertz CT molecular complexity index is 1410. The fourth-order valence-electron chi connectivity index (χ4n) is 7.88. The van der Waals surface area contributed by atoms with Crippen molar-refractivity contribution in [2.24, 2.45) is 17.8 Å². The summed E-state index contributed by atoms with van der Waals surface area (Å²) < 4.78 is 27.2. The van der Waals surface area contributed by atoms with Crippen LogP contribution in [0.15, 0.2) is 42.5 Å². The minimum atomic E-state index is -3.81. The predicted molar refractivity (Wildman–Crippen MR) is 168 cm³/mol. The third-order valence-electron chi connectivity index (χ3n) is 9.44. The van der Waals surface area contributed by atoms with E-state index in [1.54, 1.807) is 25.1 Å². The first-order valence-electron chi connectivity index (χ1n) is 14.9. The fourth-order valence-corrected chi connectivity index (χ4v) is 9.20. The summed E-state index contributed by atoms with van der Waals surface area (Å²) in [5.74, 6) is 1.56. The number of halogens is 2. The van der Waals surface area contributed by atoms with Gasteiger partial charge in [-0.25, -0.2) is 8.42 Å². The summed E-state index contributed by atoms with van der Waals surface area (Å²) in [5, 5.41) is 3.65. The van der Waals surface area contributed by atoms with Gasteiger partial charge in [-0.2, -0.15) is 0 Å². The first-order valence-corrected chi connectivity index (χ1v) is 17.5. The zero-order valence-corrected chi connectivity index (χ0v) is 27.1.